The number of carbonyl (C=O) groups is 1. The van der Waals surface area contributed by atoms with Crippen molar-refractivity contribution in [3.05, 3.63) is 0 Å². The van der Waals surface area contributed by atoms with Crippen LogP contribution in [0.2, 0.25) is 0 Å². The average molecular weight is 268 g/mol. The summed E-state index contributed by atoms with van der Waals surface area (Å²) >= 11 is 0. The summed E-state index contributed by atoms with van der Waals surface area (Å²) in [6.45, 7) is 9.99. The fraction of sp³-hybridized carbons (Fsp3) is 0.938. The Hall–Kier alpha value is -0.410. The van der Waals surface area contributed by atoms with Gasteiger partial charge in [-0.25, -0.2) is 0 Å². The molecule has 0 bridgehead atoms. The van der Waals surface area contributed by atoms with Crippen molar-refractivity contribution in [2.75, 3.05) is 13.2 Å². The highest BCUT2D eigenvalue weighted by Crippen LogP contribution is 2.36. The van der Waals surface area contributed by atoms with E-state index in [2.05, 4.69) is 20.8 Å². The zero-order chi connectivity index (χ0) is 14.1. The minimum Gasteiger partial charge on any atom is -0.350 e. The standard InChI is InChI=1S/C16H28O3/c1-12-6-5-7-14(17)13(12)8-9-16(4)18-10-15(2,3)11-19-16/h12-13H,5-11H2,1-4H3/t12?,13-/m0/s1. The average Bonchev–Trinajstić information content (AvgIpc) is 2.33. The van der Waals surface area contributed by atoms with Crippen molar-refractivity contribution < 1.29 is 14.3 Å². The molecule has 3 nitrogen and oxygen atoms in total. The van der Waals surface area contributed by atoms with Crippen molar-refractivity contribution in [2.24, 2.45) is 17.3 Å². The number of ketones is 1. The van der Waals surface area contributed by atoms with Crippen LogP contribution in [0.5, 0.6) is 0 Å². The molecule has 2 aliphatic rings. The van der Waals surface area contributed by atoms with Gasteiger partial charge in [-0.15, -0.1) is 0 Å². The molecule has 0 amide bonds. The molecule has 1 heterocycles. The number of ether oxygens (including phenoxy) is 2. The first-order chi connectivity index (χ1) is 8.81. The molecule has 1 saturated carbocycles. The summed E-state index contributed by atoms with van der Waals surface area (Å²) in [4.78, 5) is 12.0. The van der Waals surface area contributed by atoms with Gasteiger partial charge >= 0.3 is 0 Å². The van der Waals surface area contributed by atoms with E-state index < -0.39 is 5.79 Å². The largest absolute Gasteiger partial charge is 0.350 e. The van der Waals surface area contributed by atoms with Gasteiger partial charge in [0.2, 0.25) is 0 Å². The molecule has 110 valence electrons. The molecule has 0 spiro atoms. The molecule has 0 radical (unpaired) electrons. The molecule has 1 aliphatic carbocycles. The lowest BCUT2D eigenvalue weighted by atomic mass is 9.76. The summed E-state index contributed by atoms with van der Waals surface area (Å²) in [5.74, 6) is 0.684. The molecule has 0 aromatic carbocycles. The second-order valence-corrected chi connectivity index (χ2v) is 7.36. The third-order valence-corrected chi connectivity index (χ3v) is 4.63. The molecule has 2 atom stereocenters. The van der Waals surface area contributed by atoms with Crippen LogP contribution in [0.15, 0.2) is 0 Å². The van der Waals surface area contributed by atoms with Gasteiger partial charge < -0.3 is 9.47 Å². The molecule has 1 aliphatic heterocycles. The molecular formula is C16H28O3. The van der Waals surface area contributed by atoms with E-state index in [1.807, 2.05) is 6.92 Å². The molecule has 0 aromatic heterocycles. The third-order valence-electron chi connectivity index (χ3n) is 4.63. The maximum atomic E-state index is 12.0. The number of Topliss-reactive ketones (excluding diaryl/α,β-unsaturated/α-hetero) is 1. The Balaban J connectivity index is 1.86. The smallest absolute Gasteiger partial charge is 0.165 e. The molecule has 1 unspecified atom stereocenters. The summed E-state index contributed by atoms with van der Waals surface area (Å²) < 4.78 is 11.8. The normalized spacial score (nSPS) is 34.2. The van der Waals surface area contributed by atoms with E-state index in [9.17, 15) is 4.79 Å². The van der Waals surface area contributed by atoms with Gasteiger partial charge in [0.05, 0.1) is 13.2 Å². The van der Waals surface area contributed by atoms with E-state index in [0.29, 0.717) is 11.7 Å². The van der Waals surface area contributed by atoms with Gasteiger partial charge in [0.25, 0.3) is 0 Å². The van der Waals surface area contributed by atoms with Gasteiger partial charge in [-0.1, -0.05) is 20.8 Å². The molecule has 1 saturated heterocycles. The third kappa shape index (κ3) is 3.79. The van der Waals surface area contributed by atoms with E-state index in [1.54, 1.807) is 0 Å². The summed E-state index contributed by atoms with van der Waals surface area (Å²) in [5, 5.41) is 0. The zero-order valence-electron chi connectivity index (χ0n) is 12.8. The van der Waals surface area contributed by atoms with Crippen molar-refractivity contribution in [3.8, 4) is 0 Å². The van der Waals surface area contributed by atoms with Gasteiger partial charge in [0.15, 0.2) is 5.79 Å². The Morgan fingerprint density at radius 3 is 2.42 bits per heavy atom. The maximum absolute atomic E-state index is 12.0. The molecule has 0 N–H and O–H groups in total. The van der Waals surface area contributed by atoms with Gasteiger partial charge in [0.1, 0.15) is 5.78 Å². The summed E-state index contributed by atoms with van der Waals surface area (Å²) in [6, 6.07) is 0. The topological polar surface area (TPSA) is 35.5 Å². The molecule has 19 heavy (non-hydrogen) atoms. The molecular weight excluding hydrogens is 240 g/mol. The second-order valence-electron chi connectivity index (χ2n) is 7.36. The van der Waals surface area contributed by atoms with Crippen LogP contribution < -0.4 is 0 Å². The molecule has 3 heteroatoms. The first-order valence-electron chi connectivity index (χ1n) is 7.62. The Bertz CT molecular complexity index is 325. The number of hydrogen-bond donors (Lipinski definition) is 0. The Labute approximate surface area is 117 Å². The van der Waals surface area contributed by atoms with Crippen molar-refractivity contribution in [2.45, 2.75) is 65.6 Å². The highest BCUT2D eigenvalue weighted by atomic mass is 16.7. The molecule has 2 rings (SSSR count). The SMILES string of the molecule is CC1CCCC(=O)[C@H]1CCC1(C)OCC(C)(C)CO1. The highest BCUT2D eigenvalue weighted by molar-refractivity contribution is 5.81. The Morgan fingerprint density at radius 1 is 1.21 bits per heavy atom. The lowest BCUT2D eigenvalue weighted by molar-refractivity contribution is -0.293. The highest BCUT2D eigenvalue weighted by Gasteiger charge is 2.38. The van der Waals surface area contributed by atoms with Crippen LogP contribution in [0, 0.1) is 17.3 Å². The fourth-order valence-corrected chi connectivity index (χ4v) is 3.09. The van der Waals surface area contributed by atoms with Crippen LogP contribution in [0.3, 0.4) is 0 Å². The summed E-state index contributed by atoms with van der Waals surface area (Å²) in [7, 11) is 0. The van der Waals surface area contributed by atoms with Gasteiger partial charge in [-0.05, 0) is 32.1 Å². The van der Waals surface area contributed by atoms with Gasteiger partial charge in [-0.3, -0.25) is 4.79 Å². The lowest BCUT2D eigenvalue weighted by Crippen LogP contribution is -2.46. The lowest BCUT2D eigenvalue weighted by Gasteiger charge is -2.42. The van der Waals surface area contributed by atoms with E-state index in [4.69, 9.17) is 9.47 Å². The first-order valence-corrected chi connectivity index (χ1v) is 7.62. The number of rotatable bonds is 3. The van der Waals surface area contributed by atoms with Crippen LogP contribution in [0.1, 0.15) is 59.8 Å². The summed E-state index contributed by atoms with van der Waals surface area (Å²) in [5.41, 5.74) is 0.105. The second kappa shape index (κ2) is 5.53. The van der Waals surface area contributed by atoms with Crippen LogP contribution in [0.25, 0.3) is 0 Å². The Morgan fingerprint density at radius 2 is 1.84 bits per heavy atom. The van der Waals surface area contributed by atoms with Gasteiger partial charge in [-0.2, -0.15) is 0 Å². The van der Waals surface area contributed by atoms with Crippen molar-refractivity contribution in [1.82, 2.24) is 0 Å². The van der Waals surface area contributed by atoms with E-state index >= 15 is 0 Å². The zero-order valence-corrected chi connectivity index (χ0v) is 12.8. The van der Waals surface area contributed by atoms with Crippen LogP contribution in [-0.2, 0) is 14.3 Å². The monoisotopic (exact) mass is 268 g/mol. The molecule has 2 fully saturated rings. The van der Waals surface area contributed by atoms with Crippen molar-refractivity contribution in [3.63, 3.8) is 0 Å². The summed E-state index contributed by atoms with van der Waals surface area (Å²) in [6.07, 6.45) is 4.73. The van der Waals surface area contributed by atoms with Crippen LogP contribution in [-0.4, -0.2) is 24.8 Å². The number of carbonyl (C=O) groups excluding carboxylic acids is 1. The van der Waals surface area contributed by atoms with Gasteiger partial charge in [0, 0.05) is 24.2 Å². The fourth-order valence-electron chi connectivity index (χ4n) is 3.09. The van der Waals surface area contributed by atoms with Crippen LogP contribution >= 0.6 is 0 Å². The van der Waals surface area contributed by atoms with E-state index in [1.165, 1.54) is 6.42 Å². The minimum absolute atomic E-state index is 0.105. The van der Waals surface area contributed by atoms with Crippen LogP contribution in [0.4, 0.5) is 0 Å². The van der Waals surface area contributed by atoms with Crippen molar-refractivity contribution >= 4 is 5.78 Å². The van der Waals surface area contributed by atoms with E-state index in [-0.39, 0.29) is 11.3 Å². The Kier molecular flexibility index (Phi) is 4.36. The first kappa shape index (κ1) is 15.0. The van der Waals surface area contributed by atoms with Crippen molar-refractivity contribution in [1.29, 1.82) is 0 Å². The predicted octanol–water partition coefficient (Wildman–Crippen LogP) is 3.56. The predicted molar refractivity (Wildman–Crippen MR) is 74.8 cm³/mol. The maximum Gasteiger partial charge on any atom is 0.165 e. The quantitative estimate of drug-likeness (QED) is 0.785. The molecule has 0 aromatic rings. The minimum atomic E-state index is -0.493. The number of hydrogen-bond acceptors (Lipinski definition) is 3. The van der Waals surface area contributed by atoms with E-state index in [0.717, 1.165) is 38.9 Å².